The number of aromatic nitrogens is 2. The van der Waals surface area contributed by atoms with E-state index in [-0.39, 0.29) is 5.69 Å². The molecular weight excluding hydrogens is 429 g/mol. The largest absolute Gasteiger partial charge is 0.457 e. The van der Waals surface area contributed by atoms with Crippen molar-refractivity contribution < 1.29 is 22.7 Å². The molecule has 1 aliphatic carbocycles. The number of thiazole rings is 1. The molecule has 0 aliphatic heterocycles. The van der Waals surface area contributed by atoms with Crippen LogP contribution in [0.2, 0.25) is 0 Å². The number of alkyl halides is 3. The lowest BCUT2D eigenvalue weighted by molar-refractivity contribution is -0.123. The summed E-state index contributed by atoms with van der Waals surface area (Å²) in [5.74, 6) is -0.0797. The number of halogens is 3. The highest BCUT2D eigenvalue weighted by Gasteiger charge is 2.28. The van der Waals surface area contributed by atoms with Gasteiger partial charge in [-0.2, -0.15) is 13.2 Å². The molecule has 0 unspecified atom stereocenters. The van der Waals surface area contributed by atoms with Crippen LogP contribution in [0, 0.1) is 0 Å². The van der Waals surface area contributed by atoms with Crippen LogP contribution in [0.3, 0.4) is 0 Å². The van der Waals surface area contributed by atoms with Crippen LogP contribution in [0.1, 0.15) is 42.6 Å². The van der Waals surface area contributed by atoms with E-state index in [1.165, 1.54) is 37.6 Å². The summed E-state index contributed by atoms with van der Waals surface area (Å²) in [7, 11) is 0. The highest BCUT2D eigenvalue weighted by molar-refractivity contribution is 7.22. The Labute approximate surface area is 180 Å². The van der Waals surface area contributed by atoms with Crippen molar-refractivity contribution >= 4 is 32.6 Å². The SMILES string of the molecule is O=C(NCC(F)(F)F)c1cc(Oc2ccc3nc(NC4CCCCC4)sc3c2)ccn1. The minimum atomic E-state index is -4.49. The summed E-state index contributed by atoms with van der Waals surface area (Å²) in [6.07, 6.45) is 2.91. The van der Waals surface area contributed by atoms with E-state index in [9.17, 15) is 18.0 Å². The summed E-state index contributed by atoms with van der Waals surface area (Å²) < 4.78 is 43.6. The average Bonchev–Trinajstić information content (AvgIpc) is 3.14. The topological polar surface area (TPSA) is 76.1 Å². The minimum Gasteiger partial charge on any atom is -0.457 e. The number of hydrogen-bond donors (Lipinski definition) is 2. The highest BCUT2D eigenvalue weighted by Crippen LogP contribution is 2.32. The van der Waals surface area contributed by atoms with Gasteiger partial charge in [0, 0.05) is 24.4 Å². The lowest BCUT2D eigenvalue weighted by Gasteiger charge is -2.22. The Bertz CT molecular complexity index is 1060. The first-order valence-electron chi connectivity index (χ1n) is 10.0. The van der Waals surface area contributed by atoms with Crippen molar-refractivity contribution in [1.29, 1.82) is 0 Å². The first kappa shape index (κ1) is 21.4. The van der Waals surface area contributed by atoms with Gasteiger partial charge in [0.2, 0.25) is 0 Å². The third-order valence-electron chi connectivity index (χ3n) is 4.94. The van der Waals surface area contributed by atoms with E-state index >= 15 is 0 Å². The molecule has 0 saturated heterocycles. The standard InChI is InChI=1S/C21H21F3N4O2S/c22-21(23,24)12-26-19(29)17-10-15(8-9-25-17)30-14-6-7-16-18(11-14)31-20(28-16)27-13-4-2-1-3-5-13/h6-11,13H,1-5,12H2,(H,26,29)(H,27,28). The van der Waals surface area contributed by atoms with E-state index in [0.29, 0.717) is 17.5 Å². The van der Waals surface area contributed by atoms with Crippen molar-refractivity contribution in [3.63, 3.8) is 0 Å². The number of benzene rings is 1. The molecule has 2 heterocycles. The van der Waals surface area contributed by atoms with Crippen molar-refractivity contribution in [3.8, 4) is 11.5 Å². The Morgan fingerprint density at radius 2 is 1.90 bits per heavy atom. The van der Waals surface area contributed by atoms with Gasteiger partial charge in [-0.1, -0.05) is 30.6 Å². The second kappa shape index (κ2) is 9.09. The lowest BCUT2D eigenvalue weighted by Crippen LogP contribution is -2.34. The molecule has 1 aromatic carbocycles. The summed E-state index contributed by atoms with van der Waals surface area (Å²) in [5.41, 5.74) is 0.706. The van der Waals surface area contributed by atoms with Crippen LogP contribution in [0.5, 0.6) is 11.5 Å². The van der Waals surface area contributed by atoms with Crippen LogP contribution in [-0.2, 0) is 0 Å². The highest BCUT2D eigenvalue weighted by atomic mass is 32.1. The third-order valence-corrected chi connectivity index (χ3v) is 5.89. The van der Waals surface area contributed by atoms with Crippen LogP contribution in [-0.4, -0.2) is 34.6 Å². The quantitative estimate of drug-likeness (QED) is 0.517. The molecule has 4 rings (SSSR count). The van der Waals surface area contributed by atoms with Crippen molar-refractivity contribution in [1.82, 2.24) is 15.3 Å². The molecule has 6 nitrogen and oxygen atoms in total. The van der Waals surface area contributed by atoms with Gasteiger partial charge >= 0.3 is 6.18 Å². The van der Waals surface area contributed by atoms with Gasteiger partial charge in [0.05, 0.1) is 10.2 Å². The first-order chi connectivity index (χ1) is 14.9. The van der Waals surface area contributed by atoms with Crippen molar-refractivity contribution in [2.75, 3.05) is 11.9 Å². The molecule has 1 amide bonds. The second-order valence-electron chi connectivity index (χ2n) is 7.40. The normalized spacial score (nSPS) is 15.1. The Morgan fingerprint density at radius 3 is 2.68 bits per heavy atom. The van der Waals surface area contributed by atoms with E-state index in [1.807, 2.05) is 12.1 Å². The average molecular weight is 450 g/mol. The van der Waals surface area contributed by atoms with Crippen LogP contribution < -0.4 is 15.4 Å². The fraction of sp³-hybridized carbons (Fsp3) is 0.381. The molecule has 3 aromatic rings. The van der Waals surface area contributed by atoms with Crippen LogP contribution in [0.25, 0.3) is 10.2 Å². The van der Waals surface area contributed by atoms with Crippen LogP contribution in [0.15, 0.2) is 36.5 Å². The number of fused-ring (bicyclic) bond motifs is 1. The zero-order valence-electron chi connectivity index (χ0n) is 16.5. The first-order valence-corrected chi connectivity index (χ1v) is 10.8. The molecule has 1 aliphatic rings. The zero-order chi connectivity index (χ0) is 21.8. The Hall–Kier alpha value is -2.88. The predicted molar refractivity (Wildman–Crippen MR) is 113 cm³/mol. The van der Waals surface area contributed by atoms with Gasteiger partial charge in [-0.05, 0) is 31.0 Å². The van der Waals surface area contributed by atoms with E-state index in [4.69, 9.17) is 4.74 Å². The molecule has 164 valence electrons. The van der Waals surface area contributed by atoms with Crippen molar-refractivity contribution in [2.45, 2.75) is 44.3 Å². The number of nitrogens with one attached hydrogen (secondary N) is 2. The molecule has 0 atom stereocenters. The summed E-state index contributed by atoms with van der Waals surface area (Å²) in [6, 6.07) is 8.76. The Kier molecular flexibility index (Phi) is 6.26. The van der Waals surface area contributed by atoms with Crippen LogP contribution in [0.4, 0.5) is 18.3 Å². The number of hydrogen-bond acceptors (Lipinski definition) is 6. The van der Waals surface area contributed by atoms with Gasteiger partial charge in [0.15, 0.2) is 5.13 Å². The third kappa shape index (κ3) is 5.84. The smallest absolute Gasteiger partial charge is 0.405 e. The number of amides is 1. The second-order valence-corrected chi connectivity index (χ2v) is 8.44. The molecule has 31 heavy (non-hydrogen) atoms. The van der Waals surface area contributed by atoms with Gasteiger partial charge in [0.25, 0.3) is 5.91 Å². The number of carbonyl (C=O) groups is 1. The van der Waals surface area contributed by atoms with Crippen molar-refractivity contribution in [2.24, 2.45) is 0 Å². The maximum Gasteiger partial charge on any atom is 0.405 e. The van der Waals surface area contributed by atoms with Gasteiger partial charge in [0.1, 0.15) is 23.7 Å². The van der Waals surface area contributed by atoms with E-state index in [1.54, 1.807) is 22.7 Å². The number of anilines is 1. The summed E-state index contributed by atoms with van der Waals surface area (Å²) >= 11 is 1.55. The number of pyridine rings is 1. The maximum absolute atomic E-state index is 12.3. The molecule has 0 radical (unpaired) electrons. The number of carbonyl (C=O) groups excluding carboxylic acids is 1. The number of rotatable bonds is 6. The Morgan fingerprint density at radius 1 is 1.13 bits per heavy atom. The van der Waals surface area contributed by atoms with E-state index in [0.717, 1.165) is 28.2 Å². The number of ether oxygens (including phenoxy) is 1. The summed E-state index contributed by atoms with van der Waals surface area (Å²) in [5, 5.41) is 6.19. The van der Waals surface area contributed by atoms with Crippen LogP contribution >= 0.6 is 11.3 Å². The van der Waals surface area contributed by atoms with E-state index in [2.05, 4.69) is 15.3 Å². The zero-order valence-corrected chi connectivity index (χ0v) is 17.4. The van der Waals surface area contributed by atoms with Gasteiger partial charge < -0.3 is 15.4 Å². The van der Waals surface area contributed by atoms with Gasteiger partial charge in [-0.3, -0.25) is 9.78 Å². The fourth-order valence-electron chi connectivity index (χ4n) is 3.46. The Balaban J connectivity index is 1.44. The summed E-state index contributed by atoms with van der Waals surface area (Å²) in [6.45, 7) is -1.42. The maximum atomic E-state index is 12.3. The molecule has 2 N–H and O–H groups in total. The monoisotopic (exact) mass is 450 g/mol. The van der Waals surface area contributed by atoms with Crippen molar-refractivity contribution in [3.05, 3.63) is 42.2 Å². The lowest BCUT2D eigenvalue weighted by atomic mass is 9.96. The molecule has 1 fully saturated rings. The molecule has 1 saturated carbocycles. The summed E-state index contributed by atoms with van der Waals surface area (Å²) in [4.78, 5) is 20.3. The molecule has 0 bridgehead atoms. The fourth-order valence-corrected chi connectivity index (χ4v) is 4.43. The van der Waals surface area contributed by atoms with E-state index < -0.39 is 18.6 Å². The van der Waals surface area contributed by atoms with Gasteiger partial charge in [-0.15, -0.1) is 0 Å². The van der Waals surface area contributed by atoms with Gasteiger partial charge in [-0.25, -0.2) is 4.98 Å². The predicted octanol–water partition coefficient (Wildman–Crippen LogP) is 5.52. The molecule has 10 heteroatoms. The molecule has 0 spiro atoms. The number of nitrogens with zero attached hydrogens (tertiary/aromatic N) is 2. The minimum absolute atomic E-state index is 0.153. The molecule has 2 aromatic heterocycles. The molecular formula is C21H21F3N4O2S.